The third-order valence-corrected chi connectivity index (χ3v) is 4.81. The standard InChI is InChI=1S/C20H16N2O2S/c1-12-9-17(13(2)24-12)19(23)22-20-21-18(11-25-20)16-8-7-14-5-3-4-6-15(14)10-16/h3-11H,1-2H3,(H,21,22,23). The van der Waals surface area contributed by atoms with E-state index in [9.17, 15) is 4.79 Å². The molecule has 0 bridgehead atoms. The van der Waals surface area contributed by atoms with Crippen LogP contribution >= 0.6 is 11.3 Å². The Hall–Kier alpha value is -2.92. The predicted octanol–water partition coefficient (Wildman–Crippen LogP) is 5.43. The first-order valence-corrected chi connectivity index (χ1v) is 8.81. The third kappa shape index (κ3) is 3.06. The summed E-state index contributed by atoms with van der Waals surface area (Å²) in [6.45, 7) is 3.61. The van der Waals surface area contributed by atoms with Gasteiger partial charge in [0, 0.05) is 10.9 Å². The highest BCUT2D eigenvalue weighted by molar-refractivity contribution is 7.14. The molecule has 0 aliphatic rings. The topological polar surface area (TPSA) is 55.1 Å². The van der Waals surface area contributed by atoms with Gasteiger partial charge in [0.05, 0.1) is 11.3 Å². The SMILES string of the molecule is Cc1cc(C(=O)Nc2nc(-c3ccc4ccccc4c3)cs2)c(C)o1. The molecule has 2 aromatic carbocycles. The number of hydrogen-bond donors (Lipinski definition) is 1. The molecule has 2 heterocycles. The number of anilines is 1. The summed E-state index contributed by atoms with van der Waals surface area (Å²) in [6.07, 6.45) is 0. The van der Waals surface area contributed by atoms with Crippen molar-refractivity contribution in [2.75, 3.05) is 5.32 Å². The lowest BCUT2D eigenvalue weighted by Crippen LogP contribution is -2.11. The first-order chi connectivity index (χ1) is 12.1. The van der Waals surface area contributed by atoms with Gasteiger partial charge < -0.3 is 4.42 Å². The maximum absolute atomic E-state index is 12.4. The van der Waals surface area contributed by atoms with E-state index in [4.69, 9.17) is 4.42 Å². The number of carbonyl (C=O) groups is 1. The smallest absolute Gasteiger partial charge is 0.260 e. The van der Waals surface area contributed by atoms with Crippen molar-refractivity contribution in [2.24, 2.45) is 0 Å². The summed E-state index contributed by atoms with van der Waals surface area (Å²) in [5.41, 5.74) is 2.43. The van der Waals surface area contributed by atoms with Crippen LogP contribution in [0.4, 0.5) is 5.13 Å². The number of aromatic nitrogens is 1. The van der Waals surface area contributed by atoms with E-state index in [-0.39, 0.29) is 5.91 Å². The molecule has 0 atom stereocenters. The van der Waals surface area contributed by atoms with Gasteiger partial charge in [0.25, 0.3) is 5.91 Å². The second-order valence-electron chi connectivity index (χ2n) is 5.88. The summed E-state index contributed by atoms with van der Waals surface area (Å²) < 4.78 is 5.41. The minimum absolute atomic E-state index is 0.200. The average molecular weight is 348 g/mol. The number of fused-ring (bicyclic) bond motifs is 1. The fourth-order valence-electron chi connectivity index (χ4n) is 2.83. The van der Waals surface area contributed by atoms with Gasteiger partial charge in [0.15, 0.2) is 5.13 Å². The first kappa shape index (κ1) is 15.6. The van der Waals surface area contributed by atoms with Crippen LogP contribution in [0.2, 0.25) is 0 Å². The van der Waals surface area contributed by atoms with E-state index >= 15 is 0 Å². The van der Waals surface area contributed by atoms with Crippen LogP contribution in [0.25, 0.3) is 22.0 Å². The van der Waals surface area contributed by atoms with Crippen molar-refractivity contribution >= 4 is 33.1 Å². The minimum atomic E-state index is -0.200. The Morgan fingerprint density at radius 2 is 1.88 bits per heavy atom. The average Bonchev–Trinajstić information content (AvgIpc) is 3.20. The molecule has 0 fully saturated rings. The van der Waals surface area contributed by atoms with E-state index < -0.39 is 0 Å². The molecule has 0 aliphatic carbocycles. The lowest BCUT2D eigenvalue weighted by Gasteiger charge is -2.01. The largest absolute Gasteiger partial charge is 0.466 e. The van der Waals surface area contributed by atoms with E-state index in [1.54, 1.807) is 13.0 Å². The fourth-order valence-corrected chi connectivity index (χ4v) is 3.55. The van der Waals surface area contributed by atoms with E-state index in [0.29, 0.717) is 16.5 Å². The van der Waals surface area contributed by atoms with Crippen molar-refractivity contribution in [3.05, 3.63) is 71.0 Å². The molecule has 0 unspecified atom stereocenters. The molecule has 5 heteroatoms. The summed E-state index contributed by atoms with van der Waals surface area (Å²) in [6, 6.07) is 16.2. The van der Waals surface area contributed by atoms with Gasteiger partial charge in [-0.2, -0.15) is 0 Å². The molecule has 0 saturated heterocycles. The fraction of sp³-hybridized carbons (Fsp3) is 0.100. The van der Waals surface area contributed by atoms with Gasteiger partial charge >= 0.3 is 0 Å². The van der Waals surface area contributed by atoms with Crippen LogP contribution in [0.15, 0.2) is 58.3 Å². The van der Waals surface area contributed by atoms with Crippen molar-refractivity contribution in [1.29, 1.82) is 0 Å². The van der Waals surface area contributed by atoms with Crippen LogP contribution in [-0.4, -0.2) is 10.9 Å². The molecule has 0 radical (unpaired) electrons. The Kier molecular flexibility index (Phi) is 3.86. The molecule has 4 nitrogen and oxygen atoms in total. The van der Waals surface area contributed by atoms with Gasteiger partial charge in [-0.1, -0.05) is 36.4 Å². The zero-order valence-corrected chi connectivity index (χ0v) is 14.7. The van der Waals surface area contributed by atoms with Crippen molar-refractivity contribution in [3.8, 4) is 11.3 Å². The Bertz CT molecular complexity index is 1080. The van der Waals surface area contributed by atoms with Crippen molar-refractivity contribution in [3.63, 3.8) is 0 Å². The Labute approximate surface area is 149 Å². The van der Waals surface area contributed by atoms with Crippen LogP contribution in [-0.2, 0) is 0 Å². The number of benzene rings is 2. The minimum Gasteiger partial charge on any atom is -0.466 e. The number of rotatable bonds is 3. The van der Waals surface area contributed by atoms with Crippen LogP contribution in [0, 0.1) is 13.8 Å². The molecule has 0 spiro atoms. The molecule has 4 aromatic rings. The van der Waals surface area contributed by atoms with Crippen LogP contribution in [0.3, 0.4) is 0 Å². The van der Waals surface area contributed by atoms with E-state index in [1.165, 1.54) is 22.1 Å². The second-order valence-corrected chi connectivity index (χ2v) is 6.74. The molecule has 124 valence electrons. The highest BCUT2D eigenvalue weighted by Crippen LogP contribution is 2.28. The Morgan fingerprint density at radius 1 is 1.08 bits per heavy atom. The number of furan rings is 1. The summed E-state index contributed by atoms with van der Waals surface area (Å²) in [7, 11) is 0. The van der Waals surface area contributed by atoms with Gasteiger partial charge in [0.2, 0.25) is 0 Å². The maximum Gasteiger partial charge on any atom is 0.260 e. The number of nitrogens with one attached hydrogen (secondary N) is 1. The van der Waals surface area contributed by atoms with Gasteiger partial charge in [-0.15, -0.1) is 11.3 Å². The van der Waals surface area contributed by atoms with Gasteiger partial charge in [0.1, 0.15) is 11.5 Å². The zero-order chi connectivity index (χ0) is 17.4. The number of nitrogens with zero attached hydrogens (tertiary/aromatic N) is 1. The molecule has 0 aliphatic heterocycles. The third-order valence-electron chi connectivity index (χ3n) is 4.06. The number of aryl methyl sites for hydroxylation is 2. The highest BCUT2D eigenvalue weighted by atomic mass is 32.1. The summed E-state index contributed by atoms with van der Waals surface area (Å²) in [5.74, 6) is 1.13. The van der Waals surface area contributed by atoms with Crippen molar-refractivity contribution in [2.45, 2.75) is 13.8 Å². The molecule has 25 heavy (non-hydrogen) atoms. The molecular formula is C20H16N2O2S. The number of thiazole rings is 1. The van der Waals surface area contributed by atoms with Gasteiger partial charge in [-0.25, -0.2) is 4.98 Å². The number of amides is 1. The molecule has 2 aromatic heterocycles. The summed E-state index contributed by atoms with van der Waals surface area (Å²) >= 11 is 1.41. The molecule has 1 amide bonds. The van der Waals surface area contributed by atoms with Crippen molar-refractivity contribution in [1.82, 2.24) is 4.98 Å². The lowest BCUT2D eigenvalue weighted by molar-refractivity contribution is 0.102. The van der Waals surface area contributed by atoms with E-state index in [2.05, 4.69) is 34.6 Å². The second kappa shape index (κ2) is 6.18. The van der Waals surface area contributed by atoms with Crippen molar-refractivity contribution < 1.29 is 9.21 Å². The molecule has 1 N–H and O–H groups in total. The predicted molar refractivity (Wildman–Crippen MR) is 101 cm³/mol. The van der Waals surface area contributed by atoms with Gasteiger partial charge in [-0.3, -0.25) is 10.1 Å². The molecular weight excluding hydrogens is 332 g/mol. The highest BCUT2D eigenvalue weighted by Gasteiger charge is 2.15. The summed E-state index contributed by atoms with van der Waals surface area (Å²) in [4.78, 5) is 16.9. The van der Waals surface area contributed by atoms with E-state index in [0.717, 1.165) is 17.0 Å². The summed E-state index contributed by atoms with van der Waals surface area (Å²) in [5, 5.41) is 7.74. The van der Waals surface area contributed by atoms with Crippen LogP contribution in [0.1, 0.15) is 21.9 Å². The number of carbonyl (C=O) groups excluding carboxylic acids is 1. The monoisotopic (exact) mass is 348 g/mol. The molecule has 4 rings (SSSR count). The maximum atomic E-state index is 12.4. The zero-order valence-electron chi connectivity index (χ0n) is 13.9. The van der Waals surface area contributed by atoms with E-state index in [1.807, 2.05) is 30.5 Å². The first-order valence-electron chi connectivity index (χ1n) is 7.93. The van der Waals surface area contributed by atoms with Gasteiger partial charge in [-0.05, 0) is 36.8 Å². The lowest BCUT2D eigenvalue weighted by atomic mass is 10.1. The van der Waals surface area contributed by atoms with Crippen LogP contribution in [0.5, 0.6) is 0 Å². The Balaban J connectivity index is 1.59. The quantitative estimate of drug-likeness (QED) is 0.537. The Morgan fingerprint density at radius 3 is 2.64 bits per heavy atom. The normalized spacial score (nSPS) is 11.0. The molecule has 0 saturated carbocycles. The van der Waals surface area contributed by atoms with Crippen LogP contribution < -0.4 is 5.32 Å². The number of hydrogen-bond acceptors (Lipinski definition) is 4.